The lowest BCUT2D eigenvalue weighted by molar-refractivity contribution is 0.641. The SMILES string of the molecule is Cc1ccc(N2c3ccc(C)cc3B3c4ccc(-c5cc(-c6ccc7c(c6)C(C)(C)c6c(C)ccc8c6B7c6cc(C)ccc6N8c6ccc(C)cc6)cc(-c6ccc7c(c6)C(C)(C)c6c(C)ccc8c6B7c6cc(C)ccc6N8c6ccc(C)cc6)c5)cc4C(C)(C)c4c(C)ccc2c43)cc1. The van der Waals surface area contributed by atoms with Crippen LogP contribution in [0.1, 0.15) is 125 Å². The van der Waals surface area contributed by atoms with Crippen molar-refractivity contribution in [2.75, 3.05) is 14.7 Å². The molecule has 0 saturated carbocycles. The van der Waals surface area contributed by atoms with Gasteiger partial charge in [-0.1, -0.05) is 237 Å². The Bertz CT molecular complexity index is 5230. The number of benzene rings is 13. The van der Waals surface area contributed by atoms with Gasteiger partial charge in [-0.2, -0.15) is 0 Å². The molecule has 0 aromatic heterocycles. The highest BCUT2D eigenvalue weighted by molar-refractivity contribution is 7.00. The average molecular weight is 1310 g/mol. The first-order valence-electron chi connectivity index (χ1n) is 37.0. The quantitative estimate of drug-likeness (QED) is 0.154. The molecule has 6 aliphatic heterocycles. The molecule has 0 amide bonds. The van der Waals surface area contributed by atoms with E-state index < -0.39 is 0 Å². The number of fused-ring (bicyclic) bond motifs is 12. The molecule has 13 aromatic carbocycles. The summed E-state index contributed by atoms with van der Waals surface area (Å²) in [4.78, 5) is 7.61. The molecule has 0 radical (unpaired) electrons. The van der Waals surface area contributed by atoms with Gasteiger partial charge in [-0.25, -0.2) is 0 Å². The summed E-state index contributed by atoms with van der Waals surface area (Å²) in [5.41, 5.74) is 50.2. The summed E-state index contributed by atoms with van der Waals surface area (Å²) in [6, 6.07) is 93.4. The Kier molecular flexibility index (Phi) is 13.5. The molecule has 6 aliphatic rings. The van der Waals surface area contributed by atoms with Gasteiger partial charge in [-0.15, -0.1) is 0 Å². The Labute approximate surface area is 604 Å². The number of aryl methyl sites for hydroxylation is 9. The molecule has 102 heavy (non-hydrogen) atoms. The zero-order chi connectivity index (χ0) is 70.1. The first kappa shape index (κ1) is 62.5. The summed E-state index contributed by atoms with van der Waals surface area (Å²) >= 11 is 0. The molecule has 0 spiro atoms. The van der Waals surface area contributed by atoms with Crippen LogP contribution < -0.4 is 63.9 Å². The summed E-state index contributed by atoms with van der Waals surface area (Å²) in [6.45, 7) is 35.5. The van der Waals surface area contributed by atoms with Gasteiger partial charge in [0.1, 0.15) is 0 Å². The summed E-state index contributed by atoms with van der Waals surface area (Å²) in [5, 5.41) is 0. The van der Waals surface area contributed by atoms with Crippen LogP contribution in [-0.2, 0) is 16.2 Å². The van der Waals surface area contributed by atoms with Crippen LogP contribution in [0.2, 0.25) is 0 Å². The molecule has 0 N–H and O–H groups in total. The fraction of sp³-hybridized carbons (Fsp3) is 0.188. The van der Waals surface area contributed by atoms with Crippen molar-refractivity contribution in [2.45, 2.75) is 120 Å². The lowest BCUT2D eigenvalue weighted by atomic mass is 9.30. The van der Waals surface area contributed by atoms with Gasteiger partial charge in [0.25, 0.3) is 0 Å². The molecule has 6 heterocycles. The van der Waals surface area contributed by atoms with Crippen molar-refractivity contribution in [1.29, 1.82) is 0 Å². The second kappa shape index (κ2) is 22.0. The van der Waals surface area contributed by atoms with Gasteiger partial charge < -0.3 is 14.7 Å². The maximum absolute atomic E-state index is 2.60. The maximum atomic E-state index is 2.60. The third-order valence-corrected chi connectivity index (χ3v) is 24.9. The van der Waals surface area contributed by atoms with Gasteiger partial charge >= 0.3 is 0 Å². The normalized spacial score (nSPS) is 15.3. The second-order valence-electron chi connectivity index (χ2n) is 32.6. The van der Waals surface area contributed by atoms with Gasteiger partial charge in [-0.3, -0.25) is 0 Å². The lowest BCUT2D eigenvalue weighted by Crippen LogP contribution is -2.64. The third-order valence-electron chi connectivity index (χ3n) is 24.9. The van der Waals surface area contributed by atoms with E-state index >= 15 is 0 Å². The molecule has 0 bridgehead atoms. The van der Waals surface area contributed by atoms with Crippen molar-refractivity contribution >= 4 is 120 Å². The largest absolute Gasteiger partial charge is 0.312 e. The molecule has 3 nitrogen and oxygen atoms in total. The van der Waals surface area contributed by atoms with Crippen molar-refractivity contribution in [2.24, 2.45) is 0 Å². The van der Waals surface area contributed by atoms with Crippen molar-refractivity contribution < 1.29 is 0 Å². The van der Waals surface area contributed by atoms with Crippen LogP contribution >= 0.6 is 0 Å². The standard InChI is InChI=1S/C96H84B3N3/c1-55-16-31-70(32-17-55)100-82-40-22-58(4)46-79(82)97-76-37-28-64(52-73(76)94(10,11)88-61(7)25-43-85(100)91(88)97)67-49-68(65-29-38-77-74(53-65)95(12,13)89-62(8)26-44-86-92(89)98(77)80-47-59(5)23-41-83(80)101(86)71-33-18-56(2)19-34-71)51-69(50-67)66-30-39-78-75(54-66)96(14,15)90-63(9)27-45-87-93(90)99(78)81-48-60(6)24-42-84(81)102(87)72-35-20-57(3)21-36-72/h16-54H,1-15H3. The first-order valence-corrected chi connectivity index (χ1v) is 37.0. The van der Waals surface area contributed by atoms with E-state index in [4.69, 9.17) is 0 Å². The highest BCUT2D eigenvalue weighted by Gasteiger charge is 2.51. The first-order chi connectivity index (χ1) is 49.0. The highest BCUT2D eigenvalue weighted by atomic mass is 15.2. The monoisotopic (exact) mass is 1310 g/mol. The Morgan fingerprint density at radius 1 is 0.216 bits per heavy atom. The highest BCUT2D eigenvalue weighted by Crippen LogP contribution is 2.50. The van der Waals surface area contributed by atoms with E-state index in [9.17, 15) is 0 Å². The van der Waals surface area contributed by atoms with E-state index in [0.29, 0.717) is 0 Å². The molecule has 0 fully saturated rings. The fourth-order valence-corrected chi connectivity index (χ4v) is 20.3. The number of nitrogens with zero attached hydrogens (tertiary/aromatic N) is 3. The summed E-state index contributed by atoms with van der Waals surface area (Å²) in [5.74, 6) is 0. The Morgan fingerprint density at radius 3 is 0.725 bits per heavy atom. The minimum Gasteiger partial charge on any atom is -0.312 e. The second-order valence-corrected chi connectivity index (χ2v) is 32.6. The van der Waals surface area contributed by atoms with Gasteiger partial charge in [-0.05, 0) is 270 Å². The molecule has 492 valence electrons. The van der Waals surface area contributed by atoms with Crippen molar-refractivity contribution in [3.05, 3.63) is 320 Å². The average Bonchev–Trinajstić information content (AvgIpc) is 0.703. The minimum atomic E-state index is -0.324. The zero-order valence-electron chi connectivity index (χ0n) is 61.6. The van der Waals surface area contributed by atoms with Crippen LogP contribution in [0, 0.1) is 62.3 Å². The van der Waals surface area contributed by atoms with Gasteiger partial charge in [0, 0.05) is 67.4 Å². The summed E-state index contributed by atoms with van der Waals surface area (Å²) in [7, 11) is 0. The van der Waals surface area contributed by atoms with E-state index in [1.165, 1.54) is 217 Å². The van der Waals surface area contributed by atoms with Crippen LogP contribution in [0.5, 0.6) is 0 Å². The molecule has 0 aliphatic carbocycles. The van der Waals surface area contributed by atoms with E-state index in [0.717, 1.165) is 0 Å². The smallest absolute Gasteiger partial charge is 0.247 e. The number of anilines is 9. The summed E-state index contributed by atoms with van der Waals surface area (Å²) < 4.78 is 0. The van der Waals surface area contributed by atoms with Crippen molar-refractivity contribution in [3.63, 3.8) is 0 Å². The third kappa shape index (κ3) is 8.90. The van der Waals surface area contributed by atoms with Crippen LogP contribution in [-0.4, -0.2) is 20.1 Å². The predicted molar refractivity (Wildman–Crippen MR) is 439 cm³/mol. The van der Waals surface area contributed by atoms with Crippen molar-refractivity contribution in [1.82, 2.24) is 0 Å². The Morgan fingerprint density at radius 2 is 0.461 bits per heavy atom. The maximum Gasteiger partial charge on any atom is 0.247 e. The number of hydrogen-bond acceptors (Lipinski definition) is 3. The molecule has 13 aromatic rings. The molecular weight excluding hydrogens is 1230 g/mol. The van der Waals surface area contributed by atoms with Gasteiger partial charge in [0.2, 0.25) is 20.1 Å². The molecule has 0 atom stereocenters. The van der Waals surface area contributed by atoms with Crippen LogP contribution in [0.15, 0.2) is 237 Å². The van der Waals surface area contributed by atoms with E-state index in [2.05, 4.69) is 355 Å². The molecular formula is C96H84B3N3. The van der Waals surface area contributed by atoms with Gasteiger partial charge in [0.05, 0.1) is 0 Å². The Hall–Kier alpha value is -10.5. The van der Waals surface area contributed by atoms with Crippen molar-refractivity contribution in [3.8, 4) is 33.4 Å². The zero-order valence-corrected chi connectivity index (χ0v) is 61.6. The van der Waals surface area contributed by atoms with Crippen LogP contribution in [0.4, 0.5) is 51.2 Å². The molecule has 19 rings (SSSR count). The van der Waals surface area contributed by atoms with Gasteiger partial charge in [0.15, 0.2) is 0 Å². The van der Waals surface area contributed by atoms with E-state index in [-0.39, 0.29) is 36.4 Å². The lowest BCUT2D eigenvalue weighted by Gasteiger charge is -2.46. The van der Waals surface area contributed by atoms with Crippen LogP contribution in [0.3, 0.4) is 0 Å². The minimum absolute atomic E-state index is 0.0642. The number of rotatable bonds is 6. The van der Waals surface area contributed by atoms with E-state index in [1.54, 1.807) is 0 Å². The topological polar surface area (TPSA) is 9.72 Å². The van der Waals surface area contributed by atoms with Crippen LogP contribution in [0.25, 0.3) is 33.4 Å². The van der Waals surface area contributed by atoms with E-state index in [1.807, 2.05) is 0 Å². The molecule has 6 heteroatoms. The summed E-state index contributed by atoms with van der Waals surface area (Å²) in [6.07, 6.45) is 0. The number of hydrogen-bond donors (Lipinski definition) is 0. The predicted octanol–water partition coefficient (Wildman–Crippen LogP) is 18.3. The molecule has 0 unspecified atom stereocenters. The fourth-order valence-electron chi connectivity index (χ4n) is 20.3. The molecule has 0 saturated heterocycles. The Balaban J connectivity index is 0.812.